The van der Waals surface area contributed by atoms with Crippen molar-refractivity contribution in [3.63, 3.8) is 0 Å². The summed E-state index contributed by atoms with van der Waals surface area (Å²) >= 11 is 7.71. The van der Waals surface area contributed by atoms with Crippen molar-refractivity contribution in [3.05, 3.63) is 34.9 Å². The Labute approximate surface area is 100 Å². The van der Waals surface area contributed by atoms with Gasteiger partial charge in [-0.25, -0.2) is 0 Å². The quantitative estimate of drug-likeness (QED) is 0.573. The Bertz CT molecular complexity index is 374. The van der Waals surface area contributed by atoms with E-state index in [0.29, 0.717) is 12.4 Å². The molecule has 0 amide bonds. The van der Waals surface area contributed by atoms with Crippen LogP contribution in [0.4, 0.5) is 0 Å². The fraction of sp³-hybridized carbons (Fsp3) is 0.333. The van der Waals surface area contributed by atoms with Crippen LogP contribution in [-0.4, -0.2) is 12.9 Å². The van der Waals surface area contributed by atoms with Gasteiger partial charge in [0.2, 0.25) is 0 Å². The van der Waals surface area contributed by atoms with Crippen molar-refractivity contribution >= 4 is 29.1 Å². The molecular formula is C12H15ClOS. The zero-order chi connectivity index (χ0) is 11.4. The van der Waals surface area contributed by atoms with Gasteiger partial charge in [0, 0.05) is 15.5 Å². The van der Waals surface area contributed by atoms with Crippen LogP contribution in [0, 0.1) is 6.92 Å². The fourth-order valence-corrected chi connectivity index (χ4v) is 2.35. The predicted molar refractivity (Wildman–Crippen MR) is 68.6 cm³/mol. The summed E-state index contributed by atoms with van der Waals surface area (Å²) in [5, 5.41) is 0.723. The molecule has 0 saturated carbocycles. The summed E-state index contributed by atoms with van der Waals surface area (Å²) in [5.41, 5.74) is 2.17. The summed E-state index contributed by atoms with van der Waals surface area (Å²) in [6.45, 7) is 8.53. The van der Waals surface area contributed by atoms with Gasteiger partial charge in [-0.15, -0.1) is 11.8 Å². The first kappa shape index (κ1) is 12.5. The van der Waals surface area contributed by atoms with Crippen LogP contribution in [0.1, 0.15) is 18.1 Å². The molecule has 0 fully saturated rings. The van der Waals surface area contributed by atoms with Gasteiger partial charge in [0.15, 0.2) is 0 Å². The molecule has 82 valence electrons. The first-order valence-electron chi connectivity index (χ1n) is 4.76. The van der Waals surface area contributed by atoms with E-state index in [1.165, 1.54) is 10.5 Å². The second-order valence-electron chi connectivity index (χ2n) is 3.14. The van der Waals surface area contributed by atoms with Crippen LogP contribution in [0.5, 0.6) is 0 Å². The first-order valence-corrected chi connectivity index (χ1v) is 6.36. The zero-order valence-corrected chi connectivity index (χ0v) is 10.8. The van der Waals surface area contributed by atoms with Crippen molar-refractivity contribution in [3.8, 4) is 0 Å². The van der Waals surface area contributed by atoms with Crippen molar-refractivity contribution < 1.29 is 4.74 Å². The standard InChI is InChI=1S/C12H15ClOS/c1-5-14-9(3)11-6-10(13)7-12(15-4)8(11)2/h6-7H,3,5H2,1-2,4H3. The molecule has 0 aliphatic heterocycles. The largest absolute Gasteiger partial charge is 0.494 e. The molecule has 0 bridgehead atoms. The van der Waals surface area contributed by atoms with Gasteiger partial charge in [0.25, 0.3) is 0 Å². The van der Waals surface area contributed by atoms with Gasteiger partial charge in [-0.2, -0.15) is 0 Å². The summed E-state index contributed by atoms with van der Waals surface area (Å²) in [7, 11) is 0. The Morgan fingerprint density at radius 2 is 2.20 bits per heavy atom. The zero-order valence-electron chi connectivity index (χ0n) is 9.26. The number of halogens is 1. The second-order valence-corrected chi connectivity index (χ2v) is 4.42. The summed E-state index contributed by atoms with van der Waals surface area (Å²) in [5.74, 6) is 0.688. The number of thioether (sulfide) groups is 1. The molecule has 3 heteroatoms. The number of hydrogen-bond donors (Lipinski definition) is 0. The minimum atomic E-state index is 0.624. The Balaban J connectivity index is 3.17. The lowest BCUT2D eigenvalue weighted by atomic mass is 10.1. The third-order valence-corrected chi connectivity index (χ3v) is 3.25. The molecule has 0 aliphatic carbocycles. The number of ether oxygens (including phenoxy) is 1. The minimum Gasteiger partial charge on any atom is -0.494 e. The topological polar surface area (TPSA) is 9.23 Å². The minimum absolute atomic E-state index is 0.624. The van der Waals surface area contributed by atoms with E-state index in [-0.39, 0.29) is 0 Å². The van der Waals surface area contributed by atoms with Crippen LogP contribution in [0.25, 0.3) is 5.76 Å². The third kappa shape index (κ3) is 2.93. The van der Waals surface area contributed by atoms with Crippen molar-refractivity contribution in [2.24, 2.45) is 0 Å². The summed E-state index contributed by atoms with van der Waals surface area (Å²) in [4.78, 5) is 1.17. The monoisotopic (exact) mass is 242 g/mol. The normalized spacial score (nSPS) is 10.1. The number of hydrogen-bond acceptors (Lipinski definition) is 2. The highest BCUT2D eigenvalue weighted by Gasteiger charge is 2.09. The van der Waals surface area contributed by atoms with E-state index in [2.05, 4.69) is 13.5 Å². The Kier molecular flexibility index (Phi) is 4.55. The molecule has 1 rings (SSSR count). The summed E-state index contributed by atoms with van der Waals surface area (Å²) < 4.78 is 5.40. The maximum absolute atomic E-state index is 6.03. The average molecular weight is 243 g/mol. The van der Waals surface area contributed by atoms with E-state index in [4.69, 9.17) is 16.3 Å². The molecule has 1 aromatic carbocycles. The molecule has 0 unspecified atom stereocenters. The van der Waals surface area contributed by atoms with Gasteiger partial charge >= 0.3 is 0 Å². The highest BCUT2D eigenvalue weighted by molar-refractivity contribution is 7.98. The number of rotatable bonds is 4. The molecule has 0 aliphatic rings. The Morgan fingerprint density at radius 3 is 2.73 bits per heavy atom. The van der Waals surface area contributed by atoms with Crippen molar-refractivity contribution in [1.82, 2.24) is 0 Å². The van der Waals surface area contributed by atoms with Gasteiger partial charge in [-0.1, -0.05) is 18.2 Å². The molecule has 0 aromatic heterocycles. The molecule has 0 saturated heterocycles. The lowest BCUT2D eigenvalue weighted by molar-refractivity contribution is 0.299. The Hall–Kier alpha value is -0.600. The van der Waals surface area contributed by atoms with Crippen molar-refractivity contribution in [1.29, 1.82) is 0 Å². The molecule has 0 spiro atoms. The number of benzene rings is 1. The van der Waals surface area contributed by atoms with Gasteiger partial charge in [0.1, 0.15) is 5.76 Å². The van der Waals surface area contributed by atoms with E-state index in [1.54, 1.807) is 11.8 Å². The van der Waals surface area contributed by atoms with Gasteiger partial charge in [-0.3, -0.25) is 0 Å². The van der Waals surface area contributed by atoms with Crippen LogP contribution in [0.15, 0.2) is 23.6 Å². The van der Waals surface area contributed by atoms with Gasteiger partial charge < -0.3 is 4.74 Å². The van der Waals surface area contributed by atoms with Crippen LogP contribution in [0.3, 0.4) is 0 Å². The van der Waals surface area contributed by atoms with E-state index in [9.17, 15) is 0 Å². The SMILES string of the molecule is C=C(OCC)c1cc(Cl)cc(SC)c1C. The maximum atomic E-state index is 6.03. The molecule has 0 N–H and O–H groups in total. The van der Waals surface area contributed by atoms with Crippen molar-refractivity contribution in [2.75, 3.05) is 12.9 Å². The van der Waals surface area contributed by atoms with Crippen molar-refractivity contribution in [2.45, 2.75) is 18.7 Å². The van der Waals surface area contributed by atoms with E-state index >= 15 is 0 Å². The van der Waals surface area contributed by atoms with Gasteiger partial charge in [0.05, 0.1) is 6.61 Å². The van der Waals surface area contributed by atoms with E-state index in [1.807, 2.05) is 25.3 Å². The third-order valence-electron chi connectivity index (χ3n) is 2.16. The van der Waals surface area contributed by atoms with Crippen LogP contribution >= 0.6 is 23.4 Å². The van der Waals surface area contributed by atoms with Crippen LogP contribution in [0.2, 0.25) is 5.02 Å². The summed E-state index contributed by atoms with van der Waals surface area (Å²) in [6.07, 6.45) is 2.03. The lowest BCUT2D eigenvalue weighted by Crippen LogP contribution is -1.94. The fourth-order valence-electron chi connectivity index (χ4n) is 1.41. The average Bonchev–Trinajstić information content (AvgIpc) is 2.21. The van der Waals surface area contributed by atoms with Gasteiger partial charge in [-0.05, 0) is 37.8 Å². The highest BCUT2D eigenvalue weighted by atomic mass is 35.5. The Morgan fingerprint density at radius 1 is 1.53 bits per heavy atom. The molecule has 0 radical (unpaired) electrons. The smallest absolute Gasteiger partial charge is 0.119 e. The van der Waals surface area contributed by atoms with E-state index < -0.39 is 0 Å². The molecule has 0 atom stereocenters. The lowest BCUT2D eigenvalue weighted by Gasteiger charge is -2.13. The second kappa shape index (κ2) is 5.47. The first-order chi connectivity index (χ1) is 7.10. The molecule has 0 heterocycles. The molecule has 1 aromatic rings. The molecular weight excluding hydrogens is 228 g/mol. The van der Waals surface area contributed by atoms with E-state index in [0.717, 1.165) is 10.6 Å². The maximum Gasteiger partial charge on any atom is 0.119 e. The summed E-state index contributed by atoms with van der Waals surface area (Å²) in [6, 6.07) is 3.86. The molecule has 15 heavy (non-hydrogen) atoms. The van der Waals surface area contributed by atoms with Crippen LogP contribution in [-0.2, 0) is 4.74 Å². The van der Waals surface area contributed by atoms with Crippen LogP contribution < -0.4 is 0 Å². The predicted octanol–water partition coefficient (Wildman–Crippen LogP) is 4.38. The molecule has 1 nitrogen and oxygen atoms in total. The highest BCUT2D eigenvalue weighted by Crippen LogP contribution is 2.30.